The van der Waals surface area contributed by atoms with Gasteiger partial charge in [-0.15, -0.1) is 0 Å². The van der Waals surface area contributed by atoms with Crippen LogP contribution in [0.4, 0.5) is 5.69 Å². The number of sulfonamides is 1. The minimum Gasteiger partial charge on any atom is -0.379 e. The number of carbonyl (C=O) groups excluding carboxylic acids is 1. The number of amides is 1. The van der Waals surface area contributed by atoms with Crippen molar-refractivity contribution in [2.24, 2.45) is 0 Å². The van der Waals surface area contributed by atoms with Crippen LogP contribution >= 0.6 is 11.8 Å². The molecule has 4 rings (SSSR count). The summed E-state index contributed by atoms with van der Waals surface area (Å²) in [6.07, 6.45) is 1.48. The Labute approximate surface area is 178 Å². The number of fused-ring (bicyclic) bond motifs is 1. The molecule has 0 spiro atoms. The standard InChI is InChI=1S/C20H20N4O4S2/c25-19(13-29-20-17-3-1-2-4-18(17)21-14-22-20)23-15-5-7-16(8-6-15)30(26,27)24-9-11-28-12-10-24/h1-8,14H,9-13H2,(H,23,25). The third-order valence-electron chi connectivity index (χ3n) is 4.59. The first-order valence-corrected chi connectivity index (χ1v) is 11.8. The molecule has 3 aromatic rings. The van der Waals surface area contributed by atoms with E-state index in [1.165, 1.54) is 34.5 Å². The largest absolute Gasteiger partial charge is 0.379 e. The predicted octanol–water partition coefficient (Wildman–Crippen LogP) is 2.38. The van der Waals surface area contributed by atoms with Crippen molar-refractivity contribution in [1.29, 1.82) is 0 Å². The van der Waals surface area contributed by atoms with Gasteiger partial charge < -0.3 is 10.1 Å². The highest BCUT2D eigenvalue weighted by molar-refractivity contribution is 8.00. The van der Waals surface area contributed by atoms with Crippen molar-refractivity contribution in [2.45, 2.75) is 9.92 Å². The summed E-state index contributed by atoms with van der Waals surface area (Å²) in [4.78, 5) is 21.0. The van der Waals surface area contributed by atoms with E-state index in [1.54, 1.807) is 12.1 Å². The molecular weight excluding hydrogens is 424 g/mol. The Morgan fingerprint density at radius 1 is 1.07 bits per heavy atom. The topological polar surface area (TPSA) is 101 Å². The molecule has 8 nitrogen and oxygen atoms in total. The fourth-order valence-corrected chi connectivity index (χ4v) is 5.27. The average Bonchev–Trinajstić information content (AvgIpc) is 2.78. The van der Waals surface area contributed by atoms with Gasteiger partial charge in [-0.05, 0) is 30.3 Å². The molecule has 0 unspecified atom stereocenters. The smallest absolute Gasteiger partial charge is 0.243 e. The average molecular weight is 445 g/mol. The molecule has 0 atom stereocenters. The Hall–Kier alpha value is -2.53. The molecule has 1 saturated heterocycles. The number of rotatable bonds is 6. The third kappa shape index (κ3) is 4.62. The Morgan fingerprint density at radius 3 is 2.57 bits per heavy atom. The maximum atomic E-state index is 12.7. The minimum absolute atomic E-state index is 0.175. The second-order valence-electron chi connectivity index (χ2n) is 6.57. The van der Waals surface area contributed by atoms with E-state index in [1.807, 2.05) is 24.3 Å². The van der Waals surface area contributed by atoms with Crippen LogP contribution in [0.25, 0.3) is 10.9 Å². The summed E-state index contributed by atoms with van der Waals surface area (Å²) in [6, 6.07) is 13.8. The monoisotopic (exact) mass is 444 g/mol. The maximum Gasteiger partial charge on any atom is 0.243 e. The summed E-state index contributed by atoms with van der Waals surface area (Å²) in [5.41, 5.74) is 1.36. The maximum absolute atomic E-state index is 12.7. The molecule has 0 saturated carbocycles. The number of nitrogens with zero attached hydrogens (tertiary/aromatic N) is 3. The van der Waals surface area contributed by atoms with E-state index in [4.69, 9.17) is 4.74 Å². The van der Waals surface area contributed by atoms with Crippen LogP contribution in [-0.2, 0) is 19.6 Å². The van der Waals surface area contributed by atoms with Crippen molar-refractivity contribution >= 4 is 44.3 Å². The summed E-state index contributed by atoms with van der Waals surface area (Å²) in [7, 11) is -3.55. The lowest BCUT2D eigenvalue weighted by Crippen LogP contribution is -2.40. The highest BCUT2D eigenvalue weighted by Crippen LogP contribution is 2.24. The normalized spacial score (nSPS) is 15.2. The Bertz CT molecular complexity index is 1140. The van der Waals surface area contributed by atoms with Crippen molar-refractivity contribution in [3.05, 3.63) is 54.9 Å². The molecule has 1 aliphatic rings. The van der Waals surface area contributed by atoms with E-state index in [2.05, 4.69) is 15.3 Å². The number of anilines is 1. The fourth-order valence-electron chi connectivity index (χ4n) is 3.07. The van der Waals surface area contributed by atoms with Crippen LogP contribution in [-0.4, -0.2) is 60.7 Å². The van der Waals surface area contributed by atoms with Crippen LogP contribution in [0, 0.1) is 0 Å². The quantitative estimate of drug-likeness (QED) is 0.460. The van der Waals surface area contributed by atoms with E-state index in [-0.39, 0.29) is 16.6 Å². The van der Waals surface area contributed by atoms with Crippen LogP contribution in [0.5, 0.6) is 0 Å². The molecule has 30 heavy (non-hydrogen) atoms. The van der Waals surface area contributed by atoms with Gasteiger partial charge in [0.1, 0.15) is 11.4 Å². The van der Waals surface area contributed by atoms with Gasteiger partial charge in [0.15, 0.2) is 0 Å². The Morgan fingerprint density at radius 2 is 1.80 bits per heavy atom. The first kappa shape index (κ1) is 20.7. The summed E-state index contributed by atoms with van der Waals surface area (Å²) in [5, 5.41) is 4.42. The first-order chi connectivity index (χ1) is 14.5. The van der Waals surface area contributed by atoms with Crippen molar-refractivity contribution in [3.8, 4) is 0 Å². The number of hydrogen-bond donors (Lipinski definition) is 1. The number of morpholine rings is 1. The van der Waals surface area contributed by atoms with Gasteiger partial charge in [-0.1, -0.05) is 30.0 Å². The number of thioether (sulfide) groups is 1. The molecule has 1 fully saturated rings. The summed E-state index contributed by atoms with van der Waals surface area (Å²) < 4.78 is 31.9. The zero-order valence-electron chi connectivity index (χ0n) is 16.0. The Balaban J connectivity index is 1.38. The molecule has 0 bridgehead atoms. The molecule has 1 N–H and O–H groups in total. The number of para-hydroxylation sites is 1. The molecule has 2 aromatic carbocycles. The molecule has 156 valence electrons. The Kier molecular flexibility index (Phi) is 6.28. The van der Waals surface area contributed by atoms with E-state index >= 15 is 0 Å². The molecule has 0 radical (unpaired) electrons. The van der Waals surface area contributed by atoms with E-state index < -0.39 is 10.0 Å². The second kappa shape index (κ2) is 9.09. The van der Waals surface area contributed by atoms with Crippen molar-refractivity contribution in [3.63, 3.8) is 0 Å². The molecule has 0 aliphatic carbocycles. The van der Waals surface area contributed by atoms with E-state index in [0.717, 1.165) is 15.9 Å². The summed E-state index contributed by atoms with van der Waals surface area (Å²) >= 11 is 1.33. The zero-order chi connectivity index (χ0) is 21.0. The molecule has 1 aromatic heterocycles. The summed E-state index contributed by atoms with van der Waals surface area (Å²) in [6.45, 7) is 1.48. The lowest BCUT2D eigenvalue weighted by Gasteiger charge is -2.26. The van der Waals surface area contributed by atoms with Gasteiger partial charge in [0, 0.05) is 24.2 Å². The van der Waals surface area contributed by atoms with Gasteiger partial charge in [-0.2, -0.15) is 4.31 Å². The van der Waals surface area contributed by atoms with Crippen LogP contribution in [0.1, 0.15) is 0 Å². The van der Waals surface area contributed by atoms with E-state index in [0.29, 0.717) is 32.0 Å². The SMILES string of the molecule is O=C(CSc1ncnc2ccccc12)Nc1ccc(S(=O)(=O)N2CCOCC2)cc1. The first-order valence-electron chi connectivity index (χ1n) is 9.34. The van der Waals surface area contributed by atoms with Crippen molar-refractivity contribution in [1.82, 2.24) is 14.3 Å². The van der Waals surface area contributed by atoms with Gasteiger partial charge >= 0.3 is 0 Å². The number of aromatic nitrogens is 2. The van der Waals surface area contributed by atoms with Gasteiger partial charge in [0.05, 0.1) is 29.4 Å². The molecule has 10 heteroatoms. The van der Waals surface area contributed by atoms with Crippen LogP contribution in [0.3, 0.4) is 0 Å². The number of carbonyl (C=O) groups is 1. The van der Waals surface area contributed by atoms with E-state index in [9.17, 15) is 13.2 Å². The third-order valence-corrected chi connectivity index (χ3v) is 7.51. The molecule has 1 amide bonds. The highest BCUT2D eigenvalue weighted by atomic mass is 32.2. The zero-order valence-corrected chi connectivity index (χ0v) is 17.7. The lowest BCUT2D eigenvalue weighted by atomic mass is 10.2. The highest BCUT2D eigenvalue weighted by Gasteiger charge is 2.26. The van der Waals surface area contributed by atoms with Crippen molar-refractivity contribution in [2.75, 3.05) is 37.4 Å². The number of nitrogens with one attached hydrogen (secondary N) is 1. The number of benzene rings is 2. The predicted molar refractivity (Wildman–Crippen MR) is 115 cm³/mol. The molecular formula is C20H20N4O4S2. The number of ether oxygens (including phenoxy) is 1. The lowest BCUT2D eigenvalue weighted by molar-refractivity contribution is -0.113. The van der Waals surface area contributed by atoms with Gasteiger partial charge in [0.2, 0.25) is 15.9 Å². The van der Waals surface area contributed by atoms with Gasteiger partial charge in [-0.3, -0.25) is 4.79 Å². The second-order valence-corrected chi connectivity index (χ2v) is 9.48. The summed E-state index contributed by atoms with van der Waals surface area (Å²) in [5.74, 6) is -0.0269. The molecule has 2 heterocycles. The van der Waals surface area contributed by atoms with Gasteiger partial charge in [0.25, 0.3) is 0 Å². The molecule has 1 aliphatic heterocycles. The van der Waals surface area contributed by atoms with Crippen molar-refractivity contribution < 1.29 is 17.9 Å². The fraction of sp³-hybridized carbons (Fsp3) is 0.250. The van der Waals surface area contributed by atoms with Crippen LogP contribution < -0.4 is 5.32 Å². The van der Waals surface area contributed by atoms with Gasteiger partial charge in [-0.25, -0.2) is 18.4 Å². The van der Waals surface area contributed by atoms with Crippen LogP contribution in [0.15, 0.2) is 64.8 Å². The van der Waals surface area contributed by atoms with Crippen LogP contribution in [0.2, 0.25) is 0 Å². The number of hydrogen-bond acceptors (Lipinski definition) is 7. The minimum atomic E-state index is -3.55.